The summed E-state index contributed by atoms with van der Waals surface area (Å²) in [5.41, 5.74) is 4.14. The summed E-state index contributed by atoms with van der Waals surface area (Å²) in [6, 6.07) is 31.0. The molecule has 0 saturated carbocycles. The van der Waals surface area contributed by atoms with Gasteiger partial charge in [0.2, 0.25) is 5.91 Å². The van der Waals surface area contributed by atoms with Crippen LogP contribution in [0.4, 0.5) is 28.4 Å². The van der Waals surface area contributed by atoms with Crippen molar-refractivity contribution in [2.24, 2.45) is 0 Å². The second kappa shape index (κ2) is 14.3. The number of nitrogens with zero attached hydrogens (tertiary/aromatic N) is 3. The summed E-state index contributed by atoms with van der Waals surface area (Å²) in [5.74, 6) is 0.179. The zero-order valence-corrected chi connectivity index (χ0v) is 28.0. The van der Waals surface area contributed by atoms with E-state index in [9.17, 15) is 19.7 Å². The fourth-order valence-corrected chi connectivity index (χ4v) is 5.94. The van der Waals surface area contributed by atoms with Crippen LogP contribution < -0.4 is 21.5 Å². The van der Waals surface area contributed by atoms with E-state index in [1.54, 1.807) is 59.2 Å². The van der Waals surface area contributed by atoms with Crippen molar-refractivity contribution in [3.63, 3.8) is 0 Å². The van der Waals surface area contributed by atoms with Gasteiger partial charge in [0.05, 0.1) is 43.8 Å². The Morgan fingerprint density at radius 1 is 0.875 bits per heavy atom. The highest BCUT2D eigenvalue weighted by atomic mass is 79.9. The van der Waals surface area contributed by atoms with Gasteiger partial charge < -0.3 is 16.0 Å². The van der Waals surface area contributed by atoms with Crippen molar-refractivity contribution < 1.29 is 9.72 Å². The number of carbonyl (C=O) groups is 1. The van der Waals surface area contributed by atoms with Crippen molar-refractivity contribution in [2.75, 3.05) is 22.5 Å². The van der Waals surface area contributed by atoms with Crippen molar-refractivity contribution in [2.45, 2.75) is 6.42 Å². The van der Waals surface area contributed by atoms with Gasteiger partial charge in [-0.05, 0) is 78.4 Å². The van der Waals surface area contributed by atoms with Crippen molar-refractivity contribution in [1.82, 2.24) is 9.55 Å². The van der Waals surface area contributed by atoms with Gasteiger partial charge in [0.15, 0.2) is 0 Å². The zero-order chi connectivity index (χ0) is 33.8. The summed E-state index contributed by atoms with van der Waals surface area (Å²) >= 11 is 16.4. The van der Waals surface area contributed by atoms with Crippen molar-refractivity contribution >= 4 is 84.4 Å². The zero-order valence-electron chi connectivity index (χ0n) is 24.9. The number of hydrogen-bond donors (Lipinski definition) is 3. The number of amides is 1. The monoisotopic (exact) mass is 742 g/mol. The number of hydrogen-bond acceptors (Lipinski definition) is 7. The number of halogens is 3. The van der Waals surface area contributed by atoms with Crippen molar-refractivity contribution in [3.8, 4) is 5.69 Å². The predicted molar refractivity (Wildman–Crippen MR) is 194 cm³/mol. The van der Waals surface area contributed by atoms with Crippen LogP contribution in [-0.4, -0.2) is 26.9 Å². The minimum absolute atomic E-state index is 0.0493. The third-order valence-electron chi connectivity index (χ3n) is 7.43. The van der Waals surface area contributed by atoms with Crippen LogP contribution in [0, 0.1) is 10.1 Å². The molecule has 1 aromatic heterocycles. The minimum atomic E-state index is -0.504. The van der Waals surface area contributed by atoms with Crippen LogP contribution in [0.15, 0.2) is 118 Å². The van der Waals surface area contributed by atoms with Gasteiger partial charge in [0, 0.05) is 40.1 Å². The van der Waals surface area contributed by atoms with Crippen LogP contribution in [-0.2, 0) is 11.2 Å². The molecular formula is C35H25BrCl2N6O4. The van der Waals surface area contributed by atoms with Crippen LogP contribution in [0.3, 0.4) is 0 Å². The van der Waals surface area contributed by atoms with Crippen LogP contribution in [0.1, 0.15) is 11.4 Å². The molecule has 13 heteroatoms. The topological polar surface area (TPSA) is 131 Å². The first-order valence-electron chi connectivity index (χ1n) is 14.5. The van der Waals surface area contributed by atoms with Gasteiger partial charge in [-0.15, -0.1) is 0 Å². The number of fused-ring (bicyclic) bond motifs is 1. The Kier molecular flexibility index (Phi) is 9.72. The Morgan fingerprint density at radius 3 is 2.27 bits per heavy atom. The summed E-state index contributed by atoms with van der Waals surface area (Å²) in [6.07, 6.45) is 0.301. The molecule has 0 spiro atoms. The lowest BCUT2D eigenvalue weighted by atomic mass is 10.1. The average Bonchev–Trinajstić information content (AvgIpc) is 3.07. The normalized spacial score (nSPS) is 10.9. The van der Waals surface area contributed by atoms with E-state index in [1.807, 2.05) is 30.3 Å². The van der Waals surface area contributed by atoms with E-state index in [-0.39, 0.29) is 23.7 Å². The number of carbonyl (C=O) groups excluding carboxylic acids is 1. The molecule has 0 aliphatic heterocycles. The third kappa shape index (κ3) is 7.33. The Hall–Kier alpha value is -5.23. The molecule has 0 saturated heterocycles. The Bertz CT molecular complexity index is 2210. The average molecular weight is 744 g/mol. The number of anilines is 4. The molecule has 10 nitrogen and oxygen atoms in total. The lowest BCUT2D eigenvalue weighted by Crippen LogP contribution is -2.24. The highest BCUT2D eigenvalue weighted by molar-refractivity contribution is 9.10. The molecule has 0 atom stereocenters. The number of nitro groups is 1. The van der Waals surface area contributed by atoms with Crippen molar-refractivity contribution in [1.29, 1.82) is 0 Å². The Balaban J connectivity index is 1.27. The van der Waals surface area contributed by atoms with E-state index in [0.717, 1.165) is 15.7 Å². The molecule has 1 heterocycles. The molecule has 6 rings (SSSR count). The minimum Gasteiger partial charge on any atom is -0.376 e. The molecule has 240 valence electrons. The largest absolute Gasteiger partial charge is 0.376 e. The van der Waals surface area contributed by atoms with E-state index in [0.29, 0.717) is 55.9 Å². The lowest BCUT2D eigenvalue weighted by molar-refractivity contribution is -0.384. The van der Waals surface area contributed by atoms with Gasteiger partial charge in [0.25, 0.3) is 11.2 Å². The van der Waals surface area contributed by atoms with E-state index in [1.165, 1.54) is 24.3 Å². The summed E-state index contributed by atoms with van der Waals surface area (Å²) in [5, 5.41) is 21.4. The molecule has 6 aromatic rings. The van der Waals surface area contributed by atoms with Gasteiger partial charge in [-0.25, -0.2) is 4.98 Å². The first kappa shape index (κ1) is 32.7. The standard InChI is InChI=1S/C35H25BrCl2N6O4/c36-22-8-17-31-27(19-22)35(46)43(32(41-31)18-21-4-1-2-7-30(21)42-34-28(37)5-3-6-29(34)38)25-13-9-23(10-14-25)39-20-33(45)40-24-11-15-26(16-12-24)44(47)48/h1-17,19,39,42H,18,20H2,(H,40,45). The predicted octanol–water partition coefficient (Wildman–Crippen LogP) is 8.75. The maximum Gasteiger partial charge on any atom is 0.269 e. The molecule has 0 fully saturated rings. The van der Waals surface area contributed by atoms with Gasteiger partial charge >= 0.3 is 0 Å². The first-order chi connectivity index (χ1) is 23.2. The molecule has 0 aliphatic rings. The lowest BCUT2D eigenvalue weighted by Gasteiger charge is -2.17. The van der Waals surface area contributed by atoms with E-state index in [2.05, 4.69) is 31.9 Å². The number of rotatable bonds is 10. The van der Waals surface area contributed by atoms with Gasteiger partial charge in [-0.1, -0.05) is 63.4 Å². The SMILES string of the molecule is O=C(CNc1ccc(-n2c(Cc3ccccc3Nc3c(Cl)cccc3Cl)nc3ccc(Br)cc3c2=O)cc1)Nc1ccc([N+](=O)[O-])cc1. The summed E-state index contributed by atoms with van der Waals surface area (Å²) in [4.78, 5) is 41.8. The maximum absolute atomic E-state index is 14.0. The van der Waals surface area contributed by atoms with Crippen LogP contribution in [0.25, 0.3) is 16.6 Å². The van der Waals surface area contributed by atoms with Gasteiger partial charge in [0.1, 0.15) is 5.82 Å². The number of benzene rings is 5. The first-order valence-corrected chi connectivity index (χ1v) is 16.1. The summed E-state index contributed by atoms with van der Waals surface area (Å²) in [7, 11) is 0. The molecule has 48 heavy (non-hydrogen) atoms. The summed E-state index contributed by atoms with van der Waals surface area (Å²) in [6.45, 7) is -0.0493. The number of aromatic nitrogens is 2. The number of para-hydroxylation sites is 2. The quantitative estimate of drug-likeness (QED) is 0.0945. The van der Waals surface area contributed by atoms with Crippen LogP contribution >= 0.6 is 39.1 Å². The molecule has 0 aliphatic carbocycles. The number of nitrogens with one attached hydrogen (secondary N) is 3. The van der Waals surface area contributed by atoms with Crippen molar-refractivity contribution in [3.05, 3.63) is 156 Å². The smallest absolute Gasteiger partial charge is 0.269 e. The van der Waals surface area contributed by atoms with E-state index < -0.39 is 4.92 Å². The molecule has 0 bridgehead atoms. The number of nitro benzene ring substituents is 1. The highest BCUT2D eigenvalue weighted by Crippen LogP contribution is 2.34. The fourth-order valence-electron chi connectivity index (χ4n) is 5.09. The highest BCUT2D eigenvalue weighted by Gasteiger charge is 2.17. The molecular weight excluding hydrogens is 719 g/mol. The van der Waals surface area contributed by atoms with Crippen LogP contribution in [0.5, 0.6) is 0 Å². The van der Waals surface area contributed by atoms with Crippen LogP contribution in [0.2, 0.25) is 10.0 Å². The second-order valence-electron chi connectivity index (χ2n) is 10.6. The van der Waals surface area contributed by atoms with E-state index >= 15 is 0 Å². The van der Waals surface area contributed by atoms with Gasteiger partial charge in [-0.2, -0.15) is 0 Å². The molecule has 0 radical (unpaired) electrons. The third-order valence-corrected chi connectivity index (χ3v) is 8.55. The van der Waals surface area contributed by atoms with Gasteiger partial charge in [-0.3, -0.25) is 24.3 Å². The molecule has 0 unspecified atom stereocenters. The fraction of sp³-hybridized carbons (Fsp3) is 0.0571. The van der Waals surface area contributed by atoms with E-state index in [4.69, 9.17) is 28.2 Å². The number of non-ortho nitro benzene ring substituents is 1. The Morgan fingerprint density at radius 2 is 1.56 bits per heavy atom. The molecule has 1 amide bonds. The summed E-state index contributed by atoms with van der Waals surface area (Å²) < 4.78 is 2.34. The Labute approximate surface area is 292 Å². The maximum atomic E-state index is 14.0. The second-order valence-corrected chi connectivity index (χ2v) is 12.4. The molecule has 3 N–H and O–H groups in total. The molecule has 5 aromatic carbocycles.